The lowest BCUT2D eigenvalue weighted by Gasteiger charge is -2.42. The van der Waals surface area contributed by atoms with Crippen molar-refractivity contribution in [2.45, 2.75) is 19.8 Å². The SMILES string of the molecule is Cc1ccc(N2C(=O)NCC3(CCOCC3)C2=O)cc1Cl. The number of carbonyl (C=O) groups is 2. The molecule has 2 fully saturated rings. The van der Waals surface area contributed by atoms with Gasteiger partial charge in [-0.15, -0.1) is 0 Å². The zero-order valence-electron chi connectivity index (χ0n) is 11.8. The van der Waals surface area contributed by atoms with Gasteiger partial charge in [0, 0.05) is 24.8 Å². The summed E-state index contributed by atoms with van der Waals surface area (Å²) in [7, 11) is 0. The van der Waals surface area contributed by atoms with Crippen LogP contribution in [0.1, 0.15) is 18.4 Å². The maximum atomic E-state index is 12.9. The van der Waals surface area contributed by atoms with Gasteiger partial charge in [-0.25, -0.2) is 9.69 Å². The fourth-order valence-corrected chi connectivity index (χ4v) is 3.01. The first-order chi connectivity index (χ1) is 10.0. The van der Waals surface area contributed by atoms with E-state index in [1.54, 1.807) is 12.1 Å². The van der Waals surface area contributed by atoms with Crippen molar-refractivity contribution in [3.8, 4) is 0 Å². The predicted octanol–water partition coefficient (Wildman–Crippen LogP) is 2.50. The van der Waals surface area contributed by atoms with Crippen LogP contribution in [0.4, 0.5) is 10.5 Å². The molecule has 2 saturated heterocycles. The fourth-order valence-electron chi connectivity index (χ4n) is 2.84. The summed E-state index contributed by atoms with van der Waals surface area (Å²) in [4.78, 5) is 26.2. The summed E-state index contributed by atoms with van der Waals surface area (Å²) < 4.78 is 5.34. The number of benzene rings is 1. The first-order valence-electron chi connectivity index (χ1n) is 7.00. The number of ether oxygens (including phenoxy) is 1. The third-order valence-corrected chi connectivity index (χ3v) is 4.71. The molecule has 3 amide bonds. The van der Waals surface area contributed by atoms with Gasteiger partial charge in [0.1, 0.15) is 0 Å². The lowest BCUT2D eigenvalue weighted by Crippen LogP contribution is -2.62. The number of nitrogens with zero attached hydrogens (tertiary/aromatic N) is 1. The monoisotopic (exact) mass is 308 g/mol. The highest BCUT2D eigenvalue weighted by atomic mass is 35.5. The van der Waals surface area contributed by atoms with Crippen LogP contribution in [0.15, 0.2) is 18.2 Å². The van der Waals surface area contributed by atoms with Crippen LogP contribution in [0.5, 0.6) is 0 Å². The number of halogens is 1. The molecule has 0 atom stereocenters. The number of urea groups is 1. The van der Waals surface area contributed by atoms with Crippen LogP contribution in [0, 0.1) is 12.3 Å². The largest absolute Gasteiger partial charge is 0.381 e. The zero-order chi connectivity index (χ0) is 15.0. The van der Waals surface area contributed by atoms with Gasteiger partial charge in [-0.2, -0.15) is 0 Å². The number of nitrogens with one attached hydrogen (secondary N) is 1. The van der Waals surface area contributed by atoms with Crippen molar-refractivity contribution in [3.05, 3.63) is 28.8 Å². The number of rotatable bonds is 1. The van der Waals surface area contributed by atoms with Crippen LogP contribution in [-0.2, 0) is 9.53 Å². The first-order valence-corrected chi connectivity index (χ1v) is 7.38. The number of amides is 3. The number of aryl methyl sites for hydroxylation is 1. The van der Waals surface area contributed by atoms with Gasteiger partial charge in [0.2, 0.25) is 5.91 Å². The highest BCUT2D eigenvalue weighted by Gasteiger charge is 2.48. The summed E-state index contributed by atoms with van der Waals surface area (Å²) in [6, 6.07) is 4.82. The minimum atomic E-state index is -0.552. The third-order valence-electron chi connectivity index (χ3n) is 4.30. The van der Waals surface area contributed by atoms with Crippen molar-refractivity contribution in [2.24, 2.45) is 5.41 Å². The topological polar surface area (TPSA) is 58.6 Å². The van der Waals surface area contributed by atoms with E-state index in [2.05, 4.69) is 5.32 Å². The summed E-state index contributed by atoms with van der Waals surface area (Å²) >= 11 is 6.12. The van der Waals surface area contributed by atoms with E-state index in [-0.39, 0.29) is 5.91 Å². The van der Waals surface area contributed by atoms with E-state index < -0.39 is 11.4 Å². The first kappa shape index (κ1) is 14.4. The molecule has 0 radical (unpaired) electrons. The number of imide groups is 1. The van der Waals surface area contributed by atoms with E-state index in [0.29, 0.717) is 43.3 Å². The number of hydrogen-bond acceptors (Lipinski definition) is 3. The molecule has 0 bridgehead atoms. The van der Waals surface area contributed by atoms with Gasteiger partial charge in [-0.05, 0) is 37.5 Å². The fraction of sp³-hybridized carbons (Fsp3) is 0.467. The third kappa shape index (κ3) is 2.40. The van der Waals surface area contributed by atoms with E-state index >= 15 is 0 Å². The summed E-state index contributed by atoms with van der Waals surface area (Å²) in [5.74, 6) is -0.158. The quantitative estimate of drug-likeness (QED) is 0.867. The molecule has 2 aliphatic heterocycles. The van der Waals surface area contributed by atoms with Crippen LogP contribution in [0.3, 0.4) is 0 Å². The van der Waals surface area contributed by atoms with Gasteiger partial charge in [-0.3, -0.25) is 4.79 Å². The maximum absolute atomic E-state index is 12.9. The van der Waals surface area contributed by atoms with Crippen molar-refractivity contribution >= 4 is 29.2 Å². The molecular weight excluding hydrogens is 292 g/mol. The Morgan fingerprint density at radius 2 is 2.00 bits per heavy atom. The van der Waals surface area contributed by atoms with E-state index in [0.717, 1.165) is 5.56 Å². The number of carbonyl (C=O) groups excluding carboxylic acids is 2. The second-order valence-corrected chi connectivity index (χ2v) is 6.03. The standard InChI is InChI=1S/C15H17ClN2O3/c1-10-2-3-11(8-12(10)16)18-13(19)15(9-17-14(18)20)4-6-21-7-5-15/h2-3,8H,4-7,9H2,1H3,(H,17,20). The van der Waals surface area contributed by atoms with Gasteiger partial charge in [0.25, 0.3) is 0 Å². The van der Waals surface area contributed by atoms with E-state index in [1.165, 1.54) is 4.90 Å². The lowest BCUT2D eigenvalue weighted by molar-refractivity contribution is -0.133. The summed E-state index contributed by atoms with van der Waals surface area (Å²) in [6.07, 6.45) is 1.25. The van der Waals surface area contributed by atoms with Gasteiger partial charge in [0.15, 0.2) is 0 Å². The van der Waals surface area contributed by atoms with Crippen LogP contribution in [0.2, 0.25) is 5.02 Å². The Hall–Kier alpha value is -1.59. The molecule has 2 aliphatic rings. The Labute approximate surface area is 128 Å². The second kappa shape index (κ2) is 5.31. The van der Waals surface area contributed by atoms with E-state index in [9.17, 15) is 9.59 Å². The van der Waals surface area contributed by atoms with E-state index in [4.69, 9.17) is 16.3 Å². The average molecular weight is 309 g/mol. The Morgan fingerprint density at radius 1 is 1.29 bits per heavy atom. The zero-order valence-corrected chi connectivity index (χ0v) is 12.6. The molecule has 0 saturated carbocycles. The molecule has 21 heavy (non-hydrogen) atoms. The van der Waals surface area contributed by atoms with Crippen LogP contribution in [0.25, 0.3) is 0 Å². The molecule has 3 rings (SSSR count). The molecule has 1 aromatic carbocycles. The van der Waals surface area contributed by atoms with Crippen LogP contribution >= 0.6 is 11.6 Å². The molecule has 2 heterocycles. The molecule has 6 heteroatoms. The van der Waals surface area contributed by atoms with E-state index in [1.807, 2.05) is 13.0 Å². The van der Waals surface area contributed by atoms with Crippen molar-refractivity contribution in [2.75, 3.05) is 24.7 Å². The Balaban J connectivity index is 1.97. The molecule has 0 unspecified atom stereocenters. The Morgan fingerprint density at radius 3 is 2.67 bits per heavy atom. The molecule has 1 aromatic rings. The number of anilines is 1. The average Bonchev–Trinajstić information content (AvgIpc) is 2.49. The minimum Gasteiger partial charge on any atom is -0.381 e. The van der Waals surface area contributed by atoms with Crippen molar-refractivity contribution in [1.29, 1.82) is 0 Å². The highest BCUT2D eigenvalue weighted by Crippen LogP contribution is 2.37. The predicted molar refractivity (Wildman–Crippen MR) is 79.6 cm³/mol. The van der Waals surface area contributed by atoms with Crippen molar-refractivity contribution in [3.63, 3.8) is 0 Å². The summed E-state index contributed by atoms with van der Waals surface area (Å²) in [5, 5.41) is 3.36. The minimum absolute atomic E-state index is 0.158. The second-order valence-electron chi connectivity index (χ2n) is 5.63. The lowest BCUT2D eigenvalue weighted by atomic mass is 9.77. The van der Waals surface area contributed by atoms with Gasteiger partial charge in [0.05, 0.1) is 11.1 Å². The molecular formula is C15H17ClN2O3. The molecule has 112 valence electrons. The molecule has 0 aromatic heterocycles. The van der Waals surface area contributed by atoms with Gasteiger partial charge >= 0.3 is 6.03 Å². The maximum Gasteiger partial charge on any atom is 0.328 e. The van der Waals surface area contributed by atoms with Gasteiger partial charge in [-0.1, -0.05) is 17.7 Å². The van der Waals surface area contributed by atoms with Crippen molar-refractivity contribution in [1.82, 2.24) is 5.32 Å². The molecule has 1 spiro atoms. The van der Waals surface area contributed by atoms with Crippen molar-refractivity contribution < 1.29 is 14.3 Å². The van der Waals surface area contributed by atoms with Crippen LogP contribution < -0.4 is 10.2 Å². The molecule has 0 aliphatic carbocycles. The highest BCUT2D eigenvalue weighted by molar-refractivity contribution is 6.32. The number of hydrogen-bond donors (Lipinski definition) is 1. The Kier molecular flexibility index (Phi) is 3.63. The summed E-state index contributed by atoms with van der Waals surface area (Å²) in [6.45, 7) is 3.35. The normalized spacial score (nSPS) is 21.5. The van der Waals surface area contributed by atoms with Crippen LogP contribution in [-0.4, -0.2) is 31.7 Å². The smallest absolute Gasteiger partial charge is 0.328 e. The summed E-state index contributed by atoms with van der Waals surface area (Å²) in [5.41, 5.74) is 0.869. The van der Waals surface area contributed by atoms with Gasteiger partial charge < -0.3 is 10.1 Å². The Bertz CT molecular complexity index is 597. The molecule has 5 nitrogen and oxygen atoms in total. The molecule has 1 N–H and O–H groups in total.